The number of benzene rings is 1. The number of hydrogen-bond donors (Lipinski definition) is 3. The van der Waals surface area contributed by atoms with Gasteiger partial charge in [0.25, 0.3) is 5.91 Å². The van der Waals surface area contributed by atoms with Gasteiger partial charge in [-0.2, -0.15) is 5.26 Å². The molecule has 1 saturated heterocycles. The standard InChI is InChI=1S/C18H26N4O3/c1-21-7-5-14(6-8-21)22(2)12-18(23)20-15-10-17(25-4)16(24-3)9-13(15)11-19/h9-10,14H,5-8,12H2,1-4H3,(H,20,23)/p+2. The Morgan fingerprint density at radius 3 is 2.48 bits per heavy atom. The molecule has 136 valence electrons. The SMILES string of the molecule is COc1cc(C#N)c(NC(=O)C[NH+](C)C2CC[NH+](C)CC2)cc1OC. The molecule has 0 spiro atoms. The molecule has 0 radical (unpaired) electrons. The lowest BCUT2D eigenvalue weighted by atomic mass is 10.0. The predicted octanol–water partition coefficient (Wildman–Crippen LogP) is -1.29. The number of amides is 1. The summed E-state index contributed by atoms with van der Waals surface area (Å²) in [4.78, 5) is 15.2. The Morgan fingerprint density at radius 1 is 1.32 bits per heavy atom. The first-order valence-corrected chi connectivity index (χ1v) is 8.58. The van der Waals surface area contributed by atoms with E-state index in [4.69, 9.17) is 9.47 Å². The molecule has 0 aromatic heterocycles. The van der Waals surface area contributed by atoms with Gasteiger partial charge in [-0.25, -0.2) is 0 Å². The van der Waals surface area contributed by atoms with Crippen molar-refractivity contribution < 1.29 is 24.1 Å². The summed E-state index contributed by atoms with van der Waals surface area (Å²) < 4.78 is 10.4. The van der Waals surface area contributed by atoms with E-state index in [9.17, 15) is 10.1 Å². The van der Waals surface area contributed by atoms with Crippen LogP contribution in [-0.4, -0.2) is 59.9 Å². The van der Waals surface area contributed by atoms with Crippen molar-refractivity contribution in [3.8, 4) is 17.6 Å². The molecule has 7 heteroatoms. The third kappa shape index (κ3) is 4.84. The molecule has 3 N–H and O–H groups in total. The van der Waals surface area contributed by atoms with Crippen molar-refractivity contribution in [1.29, 1.82) is 5.26 Å². The summed E-state index contributed by atoms with van der Waals surface area (Å²) in [5.41, 5.74) is 0.803. The maximum atomic E-state index is 12.4. The van der Waals surface area contributed by atoms with Gasteiger partial charge in [-0.15, -0.1) is 0 Å². The molecule has 0 aliphatic carbocycles. The number of likely N-dealkylation sites (tertiary alicyclic amines) is 1. The number of methoxy groups -OCH3 is 2. The molecule has 1 fully saturated rings. The van der Waals surface area contributed by atoms with Crippen LogP contribution in [0.5, 0.6) is 11.5 Å². The number of anilines is 1. The fraction of sp³-hybridized carbons (Fsp3) is 0.556. The highest BCUT2D eigenvalue weighted by Gasteiger charge is 2.27. The Morgan fingerprint density at radius 2 is 1.92 bits per heavy atom. The lowest BCUT2D eigenvalue weighted by Gasteiger charge is -2.30. The molecule has 0 bridgehead atoms. The molecule has 2 rings (SSSR count). The minimum atomic E-state index is -0.104. The van der Waals surface area contributed by atoms with Crippen LogP contribution in [-0.2, 0) is 4.79 Å². The summed E-state index contributed by atoms with van der Waals surface area (Å²) >= 11 is 0. The second-order valence-electron chi connectivity index (χ2n) is 6.67. The fourth-order valence-corrected chi connectivity index (χ4v) is 3.27. The Labute approximate surface area is 149 Å². The highest BCUT2D eigenvalue weighted by atomic mass is 16.5. The second-order valence-corrected chi connectivity index (χ2v) is 6.67. The van der Waals surface area contributed by atoms with Crippen LogP contribution in [0.4, 0.5) is 5.69 Å². The van der Waals surface area contributed by atoms with Crippen molar-refractivity contribution in [1.82, 2.24) is 0 Å². The van der Waals surface area contributed by atoms with Crippen LogP contribution in [0.25, 0.3) is 0 Å². The van der Waals surface area contributed by atoms with Gasteiger partial charge in [-0.05, 0) is 0 Å². The van der Waals surface area contributed by atoms with E-state index in [0.29, 0.717) is 35.3 Å². The molecule has 25 heavy (non-hydrogen) atoms. The first-order chi connectivity index (χ1) is 12.0. The molecule has 1 aromatic carbocycles. The van der Waals surface area contributed by atoms with E-state index in [2.05, 4.69) is 25.5 Å². The zero-order valence-corrected chi connectivity index (χ0v) is 15.4. The Bertz CT molecular complexity index is 648. The van der Waals surface area contributed by atoms with E-state index < -0.39 is 0 Å². The summed E-state index contributed by atoms with van der Waals surface area (Å²) in [7, 11) is 7.30. The summed E-state index contributed by atoms with van der Waals surface area (Å²) in [6.07, 6.45) is 2.26. The lowest BCUT2D eigenvalue weighted by Crippen LogP contribution is -3.18. The van der Waals surface area contributed by atoms with Crippen molar-refractivity contribution in [2.75, 3.05) is 53.3 Å². The average Bonchev–Trinajstić information content (AvgIpc) is 2.61. The Kier molecular flexibility index (Phi) is 6.62. The highest BCUT2D eigenvalue weighted by molar-refractivity contribution is 5.93. The number of quaternary nitrogens is 2. The second kappa shape index (κ2) is 8.70. The molecule has 1 unspecified atom stereocenters. The van der Waals surface area contributed by atoms with E-state index in [1.54, 1.807) is 17.0 Å². The number of likely N-dealkylation sites (N-methyl/N-ethyl adjacent to an activating group) is 1. The molecular weight excluding hydrogens is 320 g/mol. The minimum Gasteiger partial charge on any atom is -0.493 e. The number of nitrogens with one attached hydrogen (secondary N) is 3. The average molecular weight is 348 g/mol. The number of nitrogens with zero attached hydrogens (tertiary/aromatic N) is 1. The highest BCUT2D eigenvalue weighted by Crippen LogP contribution is 2.32. The van der Waals surface area contributed by atoms with Crippen LogP contribution in [0.1, 0.15) is 18.4 Å². The fourth-order valence-electron chi connectivity index (χ4n) is 3.27. The largest absolute Gasteiger partial charge is 0.493 e. The first kappa shape index (κ1) is 19.0. The predicted molar refractivity (Wildman–Crippen MR) is 94.3 cm³/mol. The molecule has 1 amide bonds. The van der Waals surface area contributed by atoms with E-state index in [-0.39, 0.29) is 5.91 Å². The molecule has 0 saturated carbocycles. The van der Waals surface area contributed by atoms with E-state index in [1.165, 1.54) is 19.1 Å². The lowest BCUT2D eigenvalue weighted by molar-refractivity contribution is -0.935. The quantitative estimate of drug-likeness (QED) is 0.597. The number of rotatable bonds is 6. The molecule has 1 aliphatic heterocycles. The van der Waals surface area contributed by atoms with Crippen LogP contribution < -0.4 is 24.6 Å². The first-order valence-electron chi connectivity index (χ1n) is 8.58. The Hall–Kier alpha value is -2.30. The van der Waals surface area contributed by atoms with Crippen LogP contribution in [0, 0.1) is 11.3 Å². The number of carbonyl (C=O) groups excluding carboxylic acids is 1. The maximum Gasteiger partial charge on any atom is 0.279 e. The number of carbonyl (C=O) groups is 1. The van der Waals surface area contributed by atoms with Gasteiger partial charge in [0.2, 0.25) is 0 Å². The zero-order chi connectivity index (χ0) is 18.4. The Balaban J connectivity index is 2.03. The maximum absolute atomic E-state index is 12.4. The van der Waals surface area contributed by atoms with Gasteiger partial charge in [0.1, 0.15) is 6.07 Å². The van der Waals surface area contributed by atoms with Crippen LogP contribution >= 0.6 is 0 Å². The molecule has 1 aromatic rings. The minimum absolute atomic E-state index is 0.104. The van der Waals surface area contributed by atoms with Crippen LogP contribution in [0.15, 0.2) is 12.1 Å². The normalized spacial score (nSPS) is 21.1. The van der Waals surface area contributed by atoms with Crippen molar-refractivity contribution in [3.63, 3.8) is 0 Å². The number of piperidine rings is 1. The molecular formula is C18H28N4O3+2. The van der Waals surface area contributed by atoms with Gasteiger partial charge in [0.15, 0.2) is 18.0 Å². The van der Waals surface area contributed by atoms with Gasteiger partial charge in [0.05, 0.1) is 58.7 Å². The smallest absolute Gasteiger partial charge is 0.279 e. The van der Waals surface area contributed by atoms with Gasteiger partial charge >= 0.3 is 0 Å². The number of hydrogen-bond acceptors (Lipinski definition) is 4. The molecule has 1 atom stereocenters. The molecule has 7 nitrogen and oxygen atoms in total. The van der Waals surface area contributed by atoms with E-state index in [0.717, 1.165) is 25.9 Å². The van der Waals surface area contributed by atoms with Crippen LogP contribution in [0.3, 0.4) is 0 Å². The van der Waals surface area contributed by atoms with E-state index >= 15 is 0 Å². The van der Waals surface area contributed by atoms with Crippen molar-refractivity contribution in [2.45, 2.75) is 18.9 Å². The van der Waals surface area contributed by atoms with Gasteiger partial charge < -0.3 is 24.6 Å². The monoisotopic (exact) mass is 348 g/mol. The van der Waals surface area contributed by atoms with Gasteiger partial charge in [-0.3, -0.25) is 4.79 Å². The number of ether oxygens (including phenoxy) is 2. The summed E-state index contributed by atoms with van der Waals surface area (Å²) in [5.74, 6) is 0.844. The molecule has 1 aliphatic rings. The van der Waals surface area contributed by atoms with Crippen molar-refractivity contribution in [2.24, 2.45) is 0 Å². The van der Waals surface area contributed by atoms with Gasteiger partial charge in [0, 0.05) is 25.0 Å². The van der Waals surface area contributed by atoms with Crippen molar-refractivity contribution in [3.05, 3.63) is 17.7 Å². The third-order valence-electron chi connectivity index (χ3n) is 4.89. The van der Waals surface area contributed by atoms with Crippen LogP contribution in [0.2, 0.25) is 0 Å². The van der Waals surface area contributed by atoms with E-state index in [1.807, 2.05) is 0 Å². The zero-order valence-electron chi connectivity index (χ0n) is 15.4. The topological polar surface area (TPSA) is 80.2 Å². The third-order valence-corrected chi connectivity index (χ3v) is 4.89. The summed E-state index contributed by atoms with van der Waals surface area (Å²) in [6, 6.07) is 5.80. The summed E-state index contributed by atoms with van der Waals surface area (Å²) in [5, 5.41) is 12.2. The van der Waals surface area contributed by atoms with Gasteiger partial charge in [-0.1, -0.05) is 0 Å². The number of nitriles is 1. The molecule has 1 heterocycles. The summed E-state index contributed by atoms with van der Waals surface area (Å²) in [6.45, 7) is 2.68. The van der Waals surface area contributed by atoms with Crippen molar-refractivity contribution >= 4 is 11.6 Å².